The average molecular weight is 652 g/mol. The van der Waals surface area contributed by atoms with E-state index in [4.69, 9.17) is 32.7 Å². The van der Waals surface area contributed by atoms with E-state index in [0.29, 0.717) is 41.3 Å². The molecule has 0 aliphatic carbocycles. The van der Waals surface area contributed by atoms with Crippen molar-refractivity contribution in [3.63, 3.8) is 0 Å². The highest BCUT2D eigenvalue weighted by atomic mass is 35.5. The number of carbonyl (C=O) groups excluding carboxylic acids is 2. The highest BCUT2D eigenvalue weighted by Crippen LogP contribution is 2.59. The van der Waals surface area contributed by atoms with Crippen LogP contribution in [0, 0.1) is 23.5 Å². The zero-order valence-corrected chi connectivity index (χ0v) is 27.8. The molecule has 6 rings (SSSR count). The third-order valence-corrected chi connectivity index (χ3v) is 9.85. The van der Waals surface area contributed by atoms with E-state index in [0.717, 1.165) is 27.8 Å². The van der Waals surface area contributed by atoms with Gasteiger partial charge in [-0.3, -0.25) is 9.59 Å². The van der Waals surface area contributed by atoms with Crippen LogP contribution in [0.1, 0.15) is 53.1 Å². The lowest BCUT2D eigenvalue weighted by atomic mass is 9.58. The Bertz CT molecular complexity index is 1740. The molecule has 2 N–H and O–H groups in total. The van der Waals surface area contributed by atoms with E-state index in [1.165, 1.54) is 0 Å². The SMILES string of the molecule is Cc1ccc(Cl)cc1C1NC(=O)CC(c2cc(C#CS(C)(C)C)ccc2OCC2(C)COC2)[C@@]12C(=O)Nc1cc(Cl)ccc12. The summed E-state index contributed by atoms with van der Waals surface area (Å²) in [5.41, 5.74) is 3.32. The first-order valence-electron chi connectivity index (χ1n) is 14.5. The summed E-state index contributed by atoms with van der Waals surface area (Å²) in [5, 5.41) is 10.7. The van der Waals surface area contributed by atoms with E-state index in [9.17, 15) is 9.59 Å². The fraction of sp³-hybridized carbons (Fsp3) is 0.371. The molecule has 3 atom stereocenters. The second-order valence-electron chi connectivity index (χ2n) is 13.2. The molecule has 3 heterocycles. The van der Waals surface area contributed by atoms with E-state index >= 15 is 0 Å². The van der Waals surface area contributed by atoms with Crippen LogP contribution in [0.2, 0.25) is 10.0 Å². The summed E-state index contributed by atoms with van der Waals surface area (Å²) in [6.45, 7) is 5.76. The van der Waals surface area contributed by atoms with Crippen molar-refractivity contribution < 1.29 is 19.1 Å². The van der Waals surface area contributed by atoms with Crippen molar-refractivity contribution in [2.45, 2.75) is 37.6 Å². The summed E-state index contributed by atoms with van der Waals surface area (Å²) < 4.78 is 12.0. The zero-order valence-electron chi connectivity index (χ0n) is 25.5. The van der Waals surface area contributed by atoms with Crippen molar-refractivity contribution in [3.05, 3.63) is 92.5 Å². The van der Waals surface area contributed by atoms with E-state index in [1.54, 1.807) is 12.1 Å². The van der Waals surface area contributed by atoms with Crippen molar-refractivity contribution in [1.82, 2.24) is 5.32 Å². The first kappa shape index (κ1) is 30.9. The van der Waals surface area contributed by atoms with Crippen LogP contribution in [0.5, 0.6) is 5.75 Å². The molecular weight excluding hydrogens is 615 g/mol. The van der Waals surface area contributed by atoms with Crippen LogP contribution < -0.4 is 15.4 Å². The first-order valence-corrected chi connectivity index (χ1v) is 18.1. The lowest BCUT2D eigenvalue weighted by Gasteiger charge is -2.47. The van der Waals surface area contributed by atoms with E-state index < -0.39 is 27.4 Å². The monoisotopic (exact) mass is 650 g/mol. The summed E-state index contributed by atoms with van der Waals surface area (Å²) >= 11 is 12.9. The molecule has 2 amide bonds. The van der Waals surface area contributed by atoms with E-state index in [1.807, 2.05) is 49.4 Å². The molecule has 230 valence electrons. The topological polar surface area (TPSA) is 76.7 Å². The smallest absolute Gasteiger partial charge is 0.238 e. The Hall–Kier alpha value is -3.15. The number of hydrogen-bond acceptors (Lipinski definition) is 4. The maximum atomic E-state index is 14.6. The average Bonchev–Trinajstić information content (AvgIpc) is 3.22. The van der Waals surface area contributed by atoms with Gasteiger partial charge in [0.15, 0.2) is 0 Å². The third kappa shape index (κ3) is 5.58. The number of halogens is 2. The second kappa shape index (κ2) is 11.3. The number of amides is 2. The standard InChI is InChI=1S/C35H36Cl2N2O4S/c1-21-6-8-23(36)15-25(21)32-35(27-10-9-24(37)16-29(27)38-33(35)41)28(17-31(40)39-32)26-14-22(12-13-44(3,4)5)7-11-30(26)43-20-34(2)18-42-19-34/h6-11,14-16,28,32H,17-20H2,1-5H3,(H,38,41)(H,39,40)/t28?,32?,35-/m1/s1. The summed E-state index contributed by atoms with van der Waals surface area (Å²) in [4.78, 5) is 28.3. The molecule has 2 saturated heterocycles. The molecular formula is C35H36Cl2N2O4S. The van der Waals surface area contributed by atoms with Crippen LogP contribution in [0.25, 0.3) is 0 Å². The minimum Gasteiger partial charge on any atom is -0.493 e. The maximum Gasteiger partial charge on any atom is 0.238 e. The summed E-state index contributed by atoms with van der Waals surface area (Å²) in [6, 6.07) is 16.2. The van der Waals surface area contributed by atoms with Crippen LogP contribution >= 0.6 is 33.2 Å². The number of carbonyl (C=O) groups is 2. The molecule has 2 unspecified atom stereocenters. The number of fused-ring (bicyclic) bond motifs is 2. The fourth-order valence-corrected chi connectivity index (χ4v) is 7.25. The molecule has 0 bridgehead atoms. The molecule has 3 aromatic rings. The lowest BCUT2D eigenvalue weighted by molar-refractivity contribution is -0.131. The van der Waals surface area contributed by atoms with Crippen molar-refractivity contribution in [1.29, 1.82) is 0 Å². The van der Waals surface area contributed by atoms with Gasteiger partial charge in [0.25, 0.3) is 0 Å². The van der Waals surface area contributed by atoms with Crippen molar-refractivity contribution in [3.8, 4) is 16.9 Å². The Labute approximate surface area is 270 Å². The van der Waals surface area contributed by atoms with E-state index in [-0.39, 0.29) is 23.7 Å². The summed E-state index contributed by atoms with van der Waals surface area (Å²) in [5.74, 6) is 3.00. The molecule has 3 aromatic carbocycles. The Morgan fingerprint density at radius 2 is 1.73 bits per heavy atom. The number of aryl methyl sites for hydroxylation is 1. The van der Waals surface area contributed by atoms with Crippen LogP contribution in [-0.2, 0) is 19.7 Å². The van der Waals surface area contributed by atoms with E-state index in [2.05, 4.69) is 47.5 Å². The predicted octanol–water partition coefficient (Wildman–Crippen LogP) is 6.96. The van der Waals surface area contributed by atoms with Gasteiger partial charge in [0.1, 0.15) is 11.2 Å². The van der Waals surface area contributed by atoms with Crippen LogP contribution in [0.3, 0.4) is 0 Å². The van der Waals surface area contributed by atoms with Gasteiger partial charge < -0.3 is 20.1 Å². The Morgan fingerprint density at radius 1 is 1.00 bits per heavy atom. The first-order chi connectivity index (χ1) is 20.8. The van der Waals surface area contributed by atoms with Crippen LogP contribution in [0.15, 0.2) is 54.6 Å². The molecule has 9 heteroatoms. The number of ether oxygens (including phenoxy) is 2. The van der Waals surface area contributed by atoms with Crippen molar-refractivity contribution in [2.75, 3.05) is 43.9 Å². The zero-order chi connectivity index (χ0) is 31.4. The Balaban J connectivity index is 1.60. The number of rotatable bonds is 5. The van der Waals surface area contributed by atoms with Gasteiger partial charge >= 0.3 is 0 Å². The van der Waals surface area contributed by atoms with Crippen LogP contribution in [-0.4, -0.2) is 50.4 Å². The van der Waals surface area contributed by atoms with Gasteiger partial charge in [0.05, 0.1) is 25.9 Å². The molecule has 0 radical (unpaired) electrons. The molecule has 0 saturated carbocycles. The molecule has 3 aliphatic rings. The summed E-state index contributed by atoms with van der Waals surface area (Å²) in [6.07, 6.45) is 6.50. The minimum atomic E-state index is -1.23. The van der Waals surface area contributed by atoms with Gasteiger partial charge in [-0.05, 0) is 90.1 Å². The minimum absolute atomic E-state index is 0.0732. The molecule has 0 aromatic heterocycles. The molecule has 44 heavy (non-hydrogen) atoms. The van der Waals surface area contributed by atoms with Gasteiger partial charge in [0, 0.05) is 44.6 Å². The van der Waals surface area contributed by atoms with Gasteiger partial charge in [-0.25, -0.2) is 0 Å². The number of piperidine rings is 1. The molecule has 1 spiro atoms. The highest BCUT2D eigenvalue weighted by Gasteiger charge is 2.62. The molecule has 3 aliphatic heterocycles. The molecule has 6 nitrogen and oxygen atoms in total. The van der Waals surface area contributed by atoms with Gasteiger partial charge in [-0.15, -0.1) is 0 Å². The highest BCUT2D eigenvalue weighted by molar-refractivity contribution is 8.36. The normalized spacial score (nSPS) is 24.0. The van der Waals surface area contributed by atoms with Crippen molar-refractivity contribution >= 4 is 50.7 Å². The Morgan fingerprint density at radius 3 is 2.43 bits per heavy atom. The summed E-state index contributed by atoms with van der Waals surface area (Å²) in [7, 11) is -1.09. The third-order valence-electron chi connectivity index (χ3n) is 8.67. The predicted molar refractivity (Wildman–Crippen MR) is 179 cm³/mol. The lowest BCUT2D eigenvalue weighted by Crippen LogP contribution is -2.57. The number of anilines is 1. The van der Waals surface area contributed by atoms with Crippen LogP contribution in [0.4, 0.5) is 5.69 Å². The second-order valence-corrected chi connectivity index (χ2v) is 17.9. The largest absolute Gasteiger partial charge is 0.493 e. The number of hydrogen-bond donors (Lipinski definition) is 2. The maximum absolute atomic E-state index is 14.6. The fourth-order valence-electron chi connectivity index (χ4n) is 6.47. The molecule has 2 fully saturated rings. The number of benzene rings is 3. The van der Waals surface area contributed by atoms with Crippen molar-refractivity contribution in [2.24, 2.45) is 5.41 Å². The number of nitrogens with one attached hydrogen (secondary N) is 2. The van der Waals surface area contributed by atoms with Gasteiger partial charge in [-0.1, -0.05) is 48.2 Å². The van der Waals surface area contributed by atoms with Gasteiger partial charge in [-0.2, -0.15) is 10.0 Å². The Kier molecular flexibility index (Phi) is 7.95. The van der Waals surface area contributed by atoms with Gasteiger partial charge in [0.2, 0.25) is 11.8 Å². The quantitative estimate of drug-likeness (QED) is 0.293.